The van der Waals surface area contributed by atoms with Gasteiger partial charge in [0, 0.05) is 51.8 Å². The number of aromatic nitrogens is 1. The summed E-state index contributed by atoms with van der Waals surface area (Å²) in [6.45, 7) is 0. The number of allylic oxidation sites excluding steroid dienone is 2. The molecule has 0 spiro atoms. The Labute approximate surface area is 253 Å². The molecule has 1 atom stereocenters. The molecule has 0 radical (unpaired) electrons. The molecule has 11 rings (SSSR count). The number of aliphatic imine (C=N–C) groups is 1. The normalized spacial score (nSPS) is 16.3. The lowest BCUT2D eigenvalue weighted by Crippen LogP contribution is -2.30. The summed E-state index contributed by atoms with van der Waals surface area (Å²) >= 11 is 3.76. The van der Waals surface area contributed by atoms with E-state index in [2.05, 4.69) is 125 Å². The number of benzene rings is 5. The van der Waals surface area contributed by atoms with E-state index in [4.69, 9.17) is 4.99 Å². The highest BCUT2D eigenvalue weighted by Gasteiger charge is 2.30. The second-order valence-electron chi connectivity index (χ2n) is 11.6. The monoisotopic (exact) mass is 583 g/mol. The van der Waals surface area contributed by atoms with E-state index in [1.807, 2.05) is 22.7 Å². The maximum atomic E-state index is 5.30. The Morgan fingerprint density at radius 1 is 0.605 bits per heavy atom. The van der Waals surface area contributed by atoms with E-state index in [1.165, 1.54) is 78.7 Å². The fraction of sp³-hybridized carbons (Fsp3) is 0.0263. The Bertz CT molecular complexity index is 2770. The third kappa shape index (κ3) is 2.86. The zero-order valence-corrected chi connectivity index (χ0v) is 24.4. The lowest BCUT2D eigenvalue weighted by Gasteiger charge is -2.23. The van der Waals surface area contributed by atoms with Crippen LogP contribution in [0, 0.1) is 0 Å². The number of nitrogens with one attached hydrogen (secondary N) is 1. The highest BCUT2D eigenvalue weighted by molar-refractivity contribution is 7.26. The van der Waals surface area contributed by atoms with Crippen molar-refractivity contribution in [2.24, 2.45) is 4.99 Å². The van der Waals surface area contributed by atoms with Gasteiger partial charge in [0.05, 0.1) is 27.5 Å². The molecule has 1 unspecified atom stereocenters. The van der Waals surface area contributed by atoms with Crippen molar-refractivity contribution in [2.45, 2.75) is 6.04 Å². The van der Waals surface area contributed by atoms with Gasteiger partial charge < -0.3 is 5.32 Å². The summed E-state index contributed by atoms with van der Waals surface area (Å²) in [5.41, 5.74) is 7.09. The van der Waals surface area contributed by atoms with Crippen LogP contribution in [-0.4, -0.2) is 16.2 Å². The van der Waals surface area contributed by atoms with Gasteiger partial charge in [0.25, 0.3) is 0 Å². The van der Waals surface area contributed by atoms with E-state index in [0.29, 0.717) is 0 Å². The molecule has 1 aliphatic heterocycles. The molecule has 0 saturated carbocycles. The van der Waals surface area contributed by atoms with E-state index in [-0.39, 0.29) is 6.04 Å². The molecule has 0 amide bonds. The van der Waals surface area contributed by atoms with Crippen molar-refractivity contribution in [3.8, 4) is 11.1 Å². The van der Waals surface area contributed by atoms with Crippen LogP contribution >= 0.6 is 22.7 Å². The first-order valence-electron chi connectivity index (χ1n) is 14.6. The Morgan fingerprint density at radius 2 is 1.35 bits per heavy atom. The van der Waals surface area contributed by atoms with Crippen molar-refractivity contribution in [3.05, 3.63) is 115 Å². The van der Waals surface area contributed by atoms with E-state index in [9.17, 15) is 0 Å². The first-order valence-corrected chi connectivity index (χ1v) is 16.2. The molecule has 3 nitrogen and oxygen atoms in total. The number of hydrogen-bond donors (Lipinski definition) is 1. The van der Waals surface area contributed by atoms with Gasteiger partial charge in [-0.2, -0.15) is 0 Å². The average Bonchev–Trinajstić information content (AvgIpc) is 3.79. The second-order valence-corrected chi connectivity index (χ2v) is 13.7. The van der Waals surface area contributed by atoms with Crippen LogP contribution in [0.4, 0.5) is 11.5 Å². The van der Waals surface area contributed by atoms with Crippen molar-refractivity contribution in [1.29, 1.82) is 0 Å². The number of hydrogen-bond acceptors (Lipinski definition) is 4. The summed E-state index contributed by atoms with van der Waals surface area (Å²) < 4.78 is 7.79. The maximum absolute atomic E-state index is 5.30. The lowest BCUT2D eigenvalue weighted by atomic mass is 9.98. The average molecular weight is 584 g/mol. The smallest absolute Gasteiger partial charge is 0.139 e. The molecule has 43 heavy (non-hydrogen) atoms. The van der Waals surface area contributed by atoms with Gasteiger partial charge in [-0.3, -0.25) is 4.40 Å². The van der Waals surface area contributed by atoms with Gasteiger partial charge in [0.2, 0.25) is 0 Å². The predicted octanol–water partition coefficient (Wildman–Crippen LogP) is 11.1. The predicted molar refractivity (Wildman–Crippen MR) is 188 cm³/mol. The van der Waals surface area contributed by atoms with Crippen molar-refractivity contribution in [3.63, 3.8) is 0 Å². The van der Waals surface area contributed by atoms with Gasteiger partial charge in [-0.1, -0.05) is 72.8 Å². The first kappa shape index (κ1) is 22.6. The number of anilines is 1. The molecule has 9 aromatic rings. The molecule has 0 fully saturated rings. The zero-order valence-electron chi connectivity index (χ0n) is 22.8. The minimum Gasteiger partial charge on any atom is -0.357 e. The number of fused-ring (bicyclic) bond motifs is 14. The molecule has 0 bridgehead atoms. The van der Waals surface area contributed by atoms with Gasteiger partial charge in [-0.05, 0) is 53.6 Å². The van der Waals surface area contributed by atoms with Gasteiger partial charge in [-0.25, -0.2) is 4.99 Å². The van der Waals surface area contributed by atoms with Gasteiger partial charge in [-0.15, -0.1) is 22.7 Å². The maximum Gasteiger partial charge on any atom is 0.139 e. The molecule has 5 aromatic carbocycles. The first-order chi connectivity index (χ1) is 21.3. The molecule has 5 heterocycles. The van der Waals surface area contributed by atoms with Crippen LogP contribution in [0.25, 0.3) is 78.7 Å². The minimum atomic E-state index is 0.0703. The van der Waals surface area contributed by atoms with Gasteiger partial charge in [0.1, 0.15) is 11.5 Å². The van der Waals surface area contributed by atoms with Crippen LogP contribution < -0.4 is 5.32 Å². The highest BCUT2D eigenvalue weighted by atomic mass is 32.1. The highest BCUT2D eigenvalue weighted by Crippen LogP contribution is 2.51. The van der Waals surface area contributed by atoms with Crippen LogP contribution in [0.15, 0.2) is 120 Å². The van der Waals surface area contributed by atoms with Crippen molar-refractivity contribution < 1.29 is 0 Å². The number of nitrogens with zero attached hydrogens (tertiary/aromatic N) is 2. The fourth-order valence-electron chi connectivity index (χ4n) is 7.40. The lowest BCUT2D eigenvalue weighted by molar-refractivity contribution is 1.09. The largest absolute Gasteiger partial charge is 0.357 e. The molecule has 5 heteroatoms. The van der Waals surface area contributed by atoms with Crippen LogP contribution in [0.2, 0.25) is 0 Å². The Morgan fingerprint density at radius 3 is 2.26 bits per heavy atom. The SMILES string of the molecule is C1=CC2=Nc3c(n4c5c3cc(-c3ccc6sc7ccccc7c6c3)cc5c3ccc5c6ccccc6sc5c34)NC2C=C1. The minimum absolute atomic E-state index is 0.0703. The van der Waals surface area contributed by atoms with Crippen LogP contribution in [0.3, 0.4) is 0 Å². The Hall–Kier alpha value is -4.97. The molecule has 0 saturated heterocycles. The van der Waals surface area contributed by atoms with Crippen molar-refractivity contribution in [1.82, 2.24) is 4.40 Å². The molecule has 1 aliphatic carbocycles. The summed E-state index contributed by atoms with van der Waals surface area (Å²) in [6.07, 6.45) is 8.53. The van der Waals surface area contributed by atoms with Gasteiger partial charge >= 0.3 is 0 Å². The molecular weight excluding hydrogens is 563 g/mol. The molecule has 2 aliphatic rings. The molecule has 200 valence electrons. The summed E-state index contributed by atoms with van der Waals surface area (Å²) in [4.78, 5) is 5.30. The summed E-state index contributed by atoms with van der Waals surface area (Å²) in [5, 5.41) is 12.9. The van der Waals surface area contributed by atoms with Crippen LogP contribution in [-0.2, 0) is 0 Å². The third-order valence-electron chi connectivity index (χ3n) is 9.31. The van der Waals surface area contributed by atoms with Crippen molar-refractivity contribution >= 4 is 107 Å². The van der Waals surface area contributed by atoms with Crippen molar-refractivity contribution in [2.75, 3.05) is 5.32 Å². The summed E-state index contributed by atoms with van der Waals surface area (Å²) in [7, 11) is 0. The van der Waals surface area contributed by atoms with E-state index in [1.54, 1.807) is 0 Å². The Kier molecular flexibility index (Phi) is 4.15. The van der Waals surface area contributed by atoms with Gasteiger partial charge in [0.15, 0.2) is 0 Å². The standard InChI is InChI=1S/C38H21N3S2/c1-6-12-32-22(7-1)25-15-14-24-27-18-21(20-13-16-33-26(17-20)23-8-2-5-11-31(23)42-33)19-28-34-38(40-30-10-4-3-9-29(30)39-34)41(35(27)28)36(24)37(25)43-32/h1-19,30,40H. The number of rotatable bonds is 1. The van der Waals surface area contributed by atoms with E-state index >= 15 is 0 Å². The van der Waals surface area contributed by atoms with Crippen LogP contribution in [0.5, 0.6) is 0 Å². The second kappa shape index (κ2) is 7.90. The molecular formula is C38H21N3S2. The Balaban J connectivity index is 1.29. The topological polar surface area (TPSA) is 28.8 Å². The number of thiophene rings is 2. The fourth-order valence-corrected chi connectivity index (χ4v) is 9.73. The van der Waals surface area contributed by atoms with E-state index < -0.39 is 0 Å². The summed E-state index contributed by atoms with van der Waals surface area (Å²) in [6, 6.07) is 34.0. The molecule has 1 N–H and O–H groups in total. The zero-order chi connectivity index (χ0) is 27.8. The molecule has 4 aromatic heterocycles. The van der Waals surface area contributed by atoms with Crippen LogP contribution in [0.1, 0.15) is 0 Å². The summed E-state index contributed by atoms with van der Waals surface area (Å²) in [5.74, 6) is 1.09. The van der Waals surface area contributed by atoms with E-state index in [0.717, 1.165) is 17.2 Å². The third-order valence-corrected chi connectivity index (χ3v) is 11.7. The quantitative estimate of drug-likeness (QED) is 0.205.